The van der Waals surface area contributed by atoms with Gasteiger partial charge in [-0.15, -0.1) is 0 Å². The fraction of sp³-hybridized carbons (Fsp3) is 0.500. The van der Waals surface area contributed by atoms with Gasteiger partial charge in [0.25, 0.3) is 0 Å². The van der Waals surface area contributed by atoms with Crippen molar-refractivity contribution in [3.05, 3.63) is 29.3 Å². The van der Waals surface area contributed by atoms with E-state index < -0.39 is 19.6 Å². The minimum absolute atomic E-state index is 0.0514. The third kappa shape index (κ3) is 3.36. The topological polar surface area (TPSA) is 44.5 Å². The second-order valence-corrected chi connectivity index (χ2v) is 4.23. The predicted molar refractivity (Wildman–Crippen MR) is 59.2 cm³/mol. The van der Waals surface area contributed by atoms with E-state index in [2.05, 4.69) is 4.74 Å². The summed E-state index contributed by atoms with van der Waals surface area (Å²) in [5.74, 6) is 0.505. The Morgan fingerprint density at radius 1 is 1.33 bits per heavy atom. The van der Waals surface area contributed by atoms with Crippen LogP contribution in [-0.2, 0) is 11.2 Å². The third-order valence-electron chi connectivity index (χ3n) is 2.81. The van der Waals surface area contributed by atoms with Gasteiger partial charge in [-0.2, -0.15) is 13.2 Å². The Morgan fingerprint density at radius 2 is 2.11 bits per heavy atom. The maximum atomic E-state index is 11.8. The summed E-state index contributed by atoms with van der Waals surface area (Å²) in [5, 5.41) is 0. The Kier molecular flexibility index (Phi) is 3.77. The molecule has 0 amide bonds. The smallest absolute Gasteiger partial charge is 0.411 e. The summed E-state index contributed by atoms with van der Waals surface area (Å²) < 4.78 is 44.9. The highest BCUT2D eigenvalue weighted by Crippen LogP contribution is 2.31. The van der Waals surface area contributed by atoms with Crippen molar-refractivity contribution in [2.45, 2.75) is 25.1 Å². The van der Waals surface area contributed by atoms with Crippen molar-refractivity contribution in [1.29, 1.82) is 0 Å². The molecule has 0 bridgehead atoms. The normalized spacial score (nSPS) is 18.8. The molecule has 1 aromatic rings. The van der Waals surface area contributed by atoms with Crippen LogP contribution < -0.4 is 10.5 Å². The Labute approximate surface area is 103 Å². The molecule has 1 atom stereocenters. The van der Waals surface area contributed by atoms with Crippen molar-refractivity contribution in [2.75, 3.05) is 13.4 Å². The summed E-state index contributed by atoms with van der Waals surface area (Å²) in [6.45, 7) is -1.72. The van der Waals surface area contributed by atoms with Crippen LogP contribution in [0, 0.1) is 0 Å². The van der Waals surface area contributed by atoms with Gasteiger partial charge in [-0.25, -0.2) is 0 Å². The van der Waals surface area contributed by atoms with E-state index in [4.69, 9.17) is 10.5 Å². The van der Waals surface area contributed by atoms with E-state index in [1.165, 1.54) is 0 Å². The summed E-state index contributed by atoms with van der Waals surface area (Å²) in [5.41, 5.74) is 8.05. The lowest BCUT2D eigenvalue weighted by atomic mass is 10.1. The molecule has 0 aliphatic heterocycles. The first kappa shape index (κ1) is 13.2. The zero-order chi connectivity index (χ0) is 13.2. The van der Waals surface area contributed by atoms with Crippen molar-refractivity contribution in [3.8, 4) is 5.75 Å². The molecule has 100 valence electrons. The second-order valence-electron chi connectivity index (χ2n) is 4.23. The molecule has 2 rings (SSSR count). The quantitative estimate of drug-likeness (QED) is 0.669. The van der Waals surface area contributed by atoms with Crippen LogP contribution in [0.25, 0.3) is 0 Å². The number of benzene rings is 1. The van der Waals surface area contributed by atoms with Crippen LogP contribution in [0.4, 0.5) is 13.2 Å². The minimum Gasteiger partial charge on any atom is -0.468 e. The van der Waals surface area contributed by atoms with Gasteiger partial charge in [0.05, 0.1) is 0 Å². The minimum atomic E-state index is -4.33. The highest BCUT2D eigenvalue weighted by atomic mass is 19.4. The molecule has 1 aliphatic carbocycles. The van der Waals surface area contributed by atoms with Gasteiger partial charge in [0.2, 0.25) is 0 Å². The highest BCUT2D eigenvalue weighted by Gasteiger charge is 2.27. The number of rotatable bonds is 4. The average Bonchev–Trinajstić information content (AvgIpc) is 2.65. The van der Waals surface area contributed by atoms with E-state index in [1.807, 2.05) is 6.07 Å². The van der Waals surface area contributed by atoms with Crippen molar-refractivity contribution >= 4 is 0 Å². The van der Waals surface area contributed by atoms with Gasteiger partial charge in [-0.3, -0.25) is 0 Å². The summed E-state index contributed by atoms with van der Waals surface area (Å²) in [6.07, 6.45) is -2.56. The number of halogens is 3. The van der Waals surface area contributed by atoms with Crippen molar-refractivity contribution in [3.63, 3.8) is 0 Å². The average molecular weight is 261 g/mol. The van der Waals surface area contributed by atoms with Gasteiger partial charge in [0.15, 0.2) is 6.79 Å². The van der Waals surface area contributed by atoms with Crippen LogP contribution in [0.2, 0.25) is 0 Å². The number of ether oxygens (including phenoxy) is 2. The summed E-state index contributed by atoms with van der Waals surface area (Å²) in [4.78, 5) is 0. The van der Waals surface area contributed by atoms with Crippen LogP contribution in [0.15, 0.2) is 18.2 Å². The zero-order valence-electron chi connectivity index (χ0n) is 9.67. The number of nitrogens with two attached hydrogens (primary N) is 1. The standard InChI is InChI=1S/C12H14F3NO2/c13-12(14,15)6-17-7-18-9-2-3-10-8(5-9)1-4-11(10)16/h2-3,5,11H,1,4,6-7,16H2/t11-/m1/s1. The van der Waals surface area contributed by atoms with E-state index in [9.17, 15) is 13.2 Å². The fourth-order valence-corrected chi connectivity index (χ4v) is 1.98. The van der Waals surface area contributed by atoms with Crippen LogP contribution in [0.3, 0.4) is 0 Å². The molecule has 18 heavy (non-hydrogen) atoms. The predicted octanol–water partition coefficient (Wildman–Crippen LogP) is 2.55. The molecule has 2 N–H and O–H groups in total. The molecule has 0 fully saturated rings. The monoisotopic (exact) mass is 261 g/mol. The van der Waals surface area contributed by atoms with Gasteiger partial charge in [-0.1, -0.05) is 6.07 Å². The summed E-state index contributed by atoms with van der Waals surface area (Å²) in [7, 11) is 0. The largest absolute Gasteiger partial charge is 0.468 e. The molecule has 1 aromatic carbocycles. The van der Waals surface area contributed by atoms with Gasteiger partial charge in [0.1, 0.15) is 12.4 Å². The van der Waals surface area contributed by atoms with Gasteiger partial charge < -0.3 is 15.2 Å². The molecule has 0 spiro atoms. The van der Waals surface area contributed by atoms with E-state index >= 15 is 0 Å². The first-order valence-corrected chi connectivity index (χ1v) is 5.61. The number of alkyl halides is 3. The molecule has 0 radical (unpaired) electrons. The number of aryl methyl sites for hydroxylation is 1. The maximum Gasteiger partial charge on any atom is 0.411 e. The van der Waals surface area contributed by atoms with E-state index in [0.29, 0.717) is 5.75 Å². The highest BCUT2D eigenvalue weighted by molar-refractivity contribution is 5.40. The molecule has 3 nitrogen and oxygen atoms in total. The zero-order valence-corrected chi connectivity index (χ0v) is 9.67. The number of hydrogen-bond donors (Lipinski definition) is 1. The first-order chi connectivity index (χ1) is 8.46. The maximum absolute atomic E-state index is 11.8. The van der Waals surface area contributed by atoms with Crippen LogP contribution in [0.1, 0.15) is 23.6 Å². The fourth-order valence-electron chi connectivity index (χ4n) is 1.98. The van der Waals surface area contributed by atoms with E-state index in [1.54, 1.807) is 12.1 Å². The Hall–Kier alpha value is -1.27. The van der Waals surface area contributed by atoms with Crippen LogP contribution >= 0.6 is 0 Å². The number of fused-ring (bicyclic) bond motifs is 1. The molecule has 0 aromatic heterocycles. The molecular formula is C12H14F3NO2. The van der Waals surface area contributed by atoms with Gasteiger partial charge >= 0.3 is 6.18 Å². The first-order valence-electron chi connectivity index (χ1n) is 5.61. The second kappa shape index (κ2) is 5.16. The summed E-state index contributed by atoms with van der Waals surface area (Å²) in [6, 6.07) is 5.40. The van der Waals surface area contributed by atoms with E-state index in [-0.39, 0.29) is 6.04 Å². The SMILES string of the molecule is N[C@@H]1CCc2cc(OCOCC(F)(F)F)ccc21. The van der Waals surface area contributed by atoms with Gasteiger partial charge in [-0.05, 0) is 36.1 Å². The Morgan fingerprint density at radius 3 is 2.83 bits per heavy atom. The molecule has 0 saturated carbocycles. The van der Waals surface area contributed by atoms with Crippen LogP contribution in [0.5, 0.6) is 5.75 Å². The van der Waals surface area contributed by atoms with E-state index in [0.717, 1.165) is 24.0 Å². The molecule has 0 unspecified atom stereocenters. The lowest BCUT2D eigenvalue weighted by Gasteiger charge is -2.11. The van der Waals surface area contributed by atoms with Crippen molar-refractivity contribution in [1.82, 2.24) is 0 Å². The number of hydrogen-bond acceptors (Lipinski definition) is 3. The van der Waals surface area contributed by atoms with Crippen molar-refractivity contribution < 1.29 is 22.6 Å². The molecule has 0 saturated heterocycles. The lowest BCUT2D eigenvalue weighted by molar-refractivity contribution is -0.186. The summed E-state index contributed by atoms with van der Waals surface area (Å²) >= 11 is 0. The molecule has 0 heterocycles. The lowest BCUT2D eigenvalue weighted by Crippen LogP contribution is -2.19. The molecule has 1 aliphatic rings. The third-order valence-corrected chi connectivity index (χ3v) is 2.81. The molecular weight excluding hydrogens is 247 g/mol. The van der Waals surface area contributed by atoms with Crippen LogP contribution in [-0.4, -0.2) is 19.6 Å². The Balaban J connectivity index is 1.84. The molecule has 6 heteroatoms. The van der Waals surface area contributed by atoms with Crippen molar-refractivity contribution in [2.24, 2.45) is 5.73 Å². The Bertz CT molecular complexity index is 420. The van der Waals surface area contributed by atoms with Gasteiger partial charge in [0, 0.05) is 6.04 Å².